The normalized spacial score (nSPS) is 9.52. The Morgan fingerprint density at radius 1 is 1.29 bits per heavy atom. The van der Waals surface area contributed by atoms with Crippen molar-refractivity contribution in [2.75, 3.05) is 5.32 Å². The van der Waals surface area contributed by atoms with Crippen LogP contribution in [0.5, 0.6) is 0 Å². The molecule has 0 fully saturated rings. The zero-order chi connectivity index (χ0) is 16.0. The number of nitrogens with zero attached hydrogens (tertiary/aromatic N) is 1. The summed E-state index contributed by atoms with van der Waals surface area (Å²) in [7, 11) is 0. The van der Waals surface area contributed by atoms with Gasteiger partial charge in [0, 0.05) is 6.07 Å². The van der Waals surface area contributed by atoms with E-state index in [1.165, 1.54) is 24.3 Å². The van der Waals surface area contributed by atoms with Crippen LogP contribution in [0.15, 0.2) is 30.3 Å². The number of benzene rings is 1. The summed E-state index contributed by atoms with van der Waals surface area (Å²) in [6.45, 7) is 7.35. The first kappa shape index (κ1) is 16.8. The molecule has 0 bridgehead atoms. The second-order valence-electron chi connectivity index (χ2n) is 4.08. The Kier molecular flexibility index (Phi) is 6.05. The van der Waals surface area contributed by atoms with E-state index in [0.29, 0.717) is 10.6 Å². The maximum Gasteiger partial charge on any atom is 0.292 e. The number of carbonyl (C=O) groups is 1. The summed E-state index contributed by atoms with van der Waals surface area (Å²) >= 11 is 1.30. The van der Waals surface area contributed by atoms with Gasteiger partial charge in [-0.2, -0.15) is 0 Å². The first-order valence-electron chi connectivity index (χ1n) is 6.61. The van der Waals surface area contributed by atoms with Crippen molar-refractivity contribution >= 4 is 33.5 Å². The molecule has 0 aliphatic rings. The van der Waals surface area contributed by atoms with Gasteiger partial charge in [0.2, 0.25) is 0 Å². The summed E-state index contributed by atoms with van der Waals surface area (Å²) in [5.41, 5.74) is 1.31. The van der Waals surface area contributed by atoms with E-state index >= 15 is 0 Å². The Balaban J connectivity index is 0.00000106. The summed E-state index contributed by atoms with van der Waals surface area (Å²) in [6, 6.07) is 8.24. The average Bonchev–Trinajstić information content (AvgIpc) is 2.82. The predicted octanol–water partition coefficient (Wildman–Crippen LogP) is 4.94. The molecule has 112 valence electrons. The number of ketones is 1. The number of rotatable bonds is 4. The molecule has 1 N–H and O–H groups in total. The lowest BCUT2D eigenvalue weighted by atomic mass is 10.2. The maximum absolute atomic E-state index is 11.4. The van der Waals surface area contributed by atoms with Crippen molar-refractivity contribution in [3.63, 3.8) is 0 Å². The second-order valence-corrected chi connectivity index (χ2v) is 5.13. The van der Waals surface area contributed by atoms with Crippen molar-refractivity contribution in [3.05, 3.63) is 50.9 Å². The van der Waals surface area contributed by atoms with Gasteiger partial charge in [0.1, 0.15) is 5.69 Å². The molecule has 21 heavy (non-hydrogen) atoms. The highest BCUT2D eigenvalue weighted by molar-refractivity contribution is 7.18. The fraction of sp³-hybridized carbons (Fsp3) is 0.267. The van der Waals surface area contributed by atoms with Crippen LogP contribution in [0, 0.1) is 17.0 Å². The molecule has 5 nitrogen and oxygen atoms in total. The van der Waals surface area contributed by atoms with Gasteiger partial charge in [-0.05, 0) is 31.5 Å². The zero-order valence-corrected chi connectivity index (χ0v) is 13.3. The number of nitrogens with one attached hydrogen (secondary N) is 1. The summed E-state index contributed by atoms with van der Waals surface area (Å²) in [5, 5.41) is 14.6. The first-order chi connectivity index (χ1) is 9.99. The fourth-order valence-corrected chi connectivity index (χ4v) is 2.74. The van der Waals surface area contributed by atoms with Crippen molar-refractivity contribution < 1.29 is 9.72 Å². The maximum atomic E-state index is 11.4. The summed E-state index contributed by atoms with van der Waals surface area (Å²) < 4.78 is 0. The van der Waals surface area contributed by atoms with Gasteiger partial charge in [0.05, 0.1) is 14.8 Å². The molecule has 0 unspecified atom stereocenters. The molecule has 1 aromatic heterocycles. The van der Waals surface area contributed by atoms with Crippen LogP contribution < -0.4 is 5.32 Å². The SMILES string of the molecule is CC.CC(=O)c1sc(Nc2ccccc2[N+](=O)[O-])cc1C. The lowest BCUT2D eigenvalue weighted by molar-refractivity contribution is -0.383. The van der Waals surface area contributed by atoms with Gasteiger partial charge >= 0.3 is 0 Å². The lowest BCUT2D eigenvalue weighted by Gasteiger charge is -2.03. The number of aryl methyl sites for hydroxylation is 1. The van der Waals surface area contributed by atoms with Gasteiger partial charge < -0.3 is 5.32 Å². The number of hydrogen-bond donors (Lipinski definition) is 1. The number of anilines is 2. The Morgan fingerprint density at radius 2 is 1.90 bits per heavy atom. The van der Waals surface area contributed by atoms with Gasteiger partial charge in [-0.3, -0.25) is 14.9 Å². The van der Waals surface area contributed by atoms with Crippen molar-refractivity contribution in [1.29, 1.82) is 0 Å². The molecule has 0 radical (unpaired) electrons. The van der Waals surface area contributed by atoms with Crippen molar-refractivity contribution in [3.8, 4) is 0 Å². The Hall–Kier alpha value is -2.21. The van der Waals surface area contributed by atoms with Gasteiger partial charge in [-0.1, -0.05) is 26.0 Å². The predicted molar refractivity (Wildman–Crippen MR) is 86.8 cm³/mol. The second kappa shape index (κ2) is 7.54. The van der Waals surface area contributed by atoms with E-state index in [1.54, 1.807) is 18.2 Å². The highest BCUT2D eigenvalue weighted by atomic mass is 32.1. The molecule has 0 aliphatic carbocycles. The minimum absolute atomic E-state index is 0.00175. The lowest BCUT2D eigenvalue weighted by Crippen LogP contribution is -1.95. The summed E-state index contributed by atoms with van der Waals surface area (Å²) in [5.74, 6) is -0.00175. The number of thiophene rings is 1. The van der Waals surface area contributed by atoms with Crippen LogP contribution in [0.3, 0.4) is 0 Å². The van der Waals surface area contributed by atoms with Crippen LogP contribution >= 0.6 is 11.3 Å². The average molecular weight is 306 g/mol. The van der Waals surface area contributed by atoms with Crippen LogP contribution in [0.2, 0.25) is 0 Å². The summed E-state index contributed by atoms with van der Waals surface area (Å²) in [6.07, 6.45) is 0. The Labute approximate surface area is 127 Å². The monoisotopic (exact) mass is 306 g/mol. The van der Waals surface area contributed by atoms with Gasteiger partial charge in [0.15, 0.2) is 5.78 Å². The zero-order valence-electron chi connectivity index (χ0n) is 12.5. The molecule has 0 amide bonds. The largest absolute Gasteiger partial charge is 0.342 e. The van der Waals surface area contributed by atoms with Gasteiger partial charge in [0.25, 0.3) is 5.69 Å². The van der Waals surface area contributed by atoms with E-state index in [2.05, 4.69) is 5.32 Å². The molecule has 0 aliphatic heterocycles. The topological polar surface area (TPSA) is 72.2 Å². The van der Waals surface area contributed by atoms with E-state index in [9.17, 15) is 14.9 Å². The first-order valence-corrected chi connectivity index (χ1v) is 7.42. The van der Waals surface area contributed by atoms with Crippen molar-refractivity contribution in [1.82, 2.24) is 0 Å². The third-order valence-corrected chi connectivity index (χ3v) is 3.85. The van der Waals surface area contributed by atoms with Crippen LogP contribution in [0.25, 0.3) is 0 Å². The van der Waals surface area contributed by atoms with E-state index in [4.69, 9.17) is 0 Å². The van der Waals surface area contributed by atoms with E-state index in [-0.39, 0.29) is 11.5 Å². The molecule has 1 heterocycles. The van der Waals surface area contributed by atoms with Gasteiger partial charge in [-0.25, -0.2) is 0 Å². The molecule has 0 atom stereocenters. The molecule has 2 aromatic rings. The van der Waals surface area contributed by atoms with Crippen molar-refractivity contribution in [2.24, 2.45) is 0 Å². The number of carbonyl (C=O) groups excluding carboxylic acids is 1. The van der Waals surface area contributed by atoms with E-state index < -0.39 is 4.92 Å². The third kappa shape index (κ3) is 4.13. The molecule has 0 saturated heterocycles. The number of para-hydroxylation sites is 2. The number of nitro benzene ring substituents is 1. The molecule has 2 rings (SSSR count). The molecule has 0 saturated carbocycles. The highest BCUT2D eigenvalue weighted by Gasteiger charge is 2.15. The molecular formula is C15H18N2O3S. The molecule has 6 heteroatoms. The quantitative estimate of drug-likeness (QED) is 0.493. The van der Waals surface area contributed by atoms with Crippen LogP contribution in [0.1, 0.15) is 36.0 Å². The van der Waals surface area contributed by atoms with Crippen LogP contribution in [0.4, 0.5) is 16.4 Å². The Morgan fingerprint density at radius 3 is 2.43 bits per heavy atom. The minimum Gasteiger partial charge on any atom is -0.342 e. The number of nitro groups is 1. The van der Waals surface area contributed by atoms with Crippen molar-refractivity contribution in [2.45, 2.75) is 27.7 Å². The molecule has 0 spiro atoms. The number of hydrogen-bond acceptors (Lipinski definition) is 5. The van der Waals surface area contributed by atoms with Crippen LogP contribution in [-0.2, 0) is 0 Å². The van der Waals surface area contributed by atoms with E-state index in [1.807, 2.05) is 26.8 Å². The van der Waals surface area contributed by atoms with Crippen LogP contribution in [-0.4, -0.2) is 10.7 Å². The van der Waals surface area contributed by atoms with Gasteiger partial charge in [-0.15, -0.1) is 11.3 Å². The van der Waals surface area contributed by atoms with E-state index in [0.717, 1.165) is 10.6 Å². The Bertz CT molecular complexity index is 650. The smallest absolute Gasteiger partial charge is 0.292 e. The molecular weight excluding hydrogens is 288 g/mol. The summed E-state index contributed by atoms with van der Waals surface area (Å²) in [4.78, 5) is 22.5. The number of Topliss-reactive ketones (excluding diaryl/α,β-unsaturated/α-hetero) is 1. The molecule has 1 aromatic carbocycles. The fourth-order valence-electron chi connectivity index (χ4n) is 1.76. The third-order valence-electron chi connectivity index (χ3n) is 2.60. The highest BCUT2D eigenvalue weighted by Crippen LogP contribution is 2.33. The standard InChI is InChI=1S/C13H12N2O3S.C2H6/c1-8-7-12(19-13(8)9(2)16)14-10-5-3-4-6-11(10)15(17)18;1-2/h3-7,14H,1-2H3;1-2H3. The minimum atomic E-state index is -0.436.